The number of hydrogen-bond donors (Lipinski definition) is 1. The molecular weight excluding hydrogens is 206 g/mol. The van der Waals surface area contributed by atoms with Gasteiger partial charge in [0.1, 0.15) is 0 Å². The quantitative estimate of drug-likeness (QED) is 0.784. The van der Waals surface area contributed by atoms with Crippen molar-refractivity contribution in [2.45, 2.75) is 25.7 Å². The minimum atomic E-state index is 0.691. The molecule has 0 bridgehead atoms. The third-order valence-electron chi connectivity index (χ3n) is 4.33. The molecule has 0 unspecified atom stereocenters. The van der Waals surface area contributed by atoms with E-state index in [0.717, 1.165) is 12.5 Å². The van der Waals surface area contributed by atoms with E-state index in [2.05, 4.69) is 42.2 Å². The lowest BCUT2D eigenvalue weighted by Gasteiger charge is -2.15. The van der Waals surface area contributed by atoms with E-state index in [0.29, 0.717) is 5.41 Å². The summed E-state index contributed by atoms with van der Waals surface area (Å²) in [6.45, 7) is 6.29. The third kappa shape index (κ3) is 2.44. The molecule has 0 aromatic heterocycles. The Labute approximate surface area is 104 Å². The van der Waals surface area contributed by atoms with Gasteiger partial charge in [0.15, 0.2) is 0 Å². The van der Waals surface area contributed by atoms with E-state index in [-0.39, 0.29) is 0 Å². The number of nitrogens with one attached hydrogen (secondary N) is 1. The van der Waals surface area contributed by atoms with Gasteiger partial charge in [-0.25, -0.2) is 0 Å². The average molecular weight is 227 g/mol. The Kier molecular flexibility index (Phi) is 2.79. The summed E-state index contributed by atoms with van der Waals surface area (Å²) in [5.41, 5.74) is 3.16. The fourth-order valence-electron chi connectivity index (χ4n) is 2.82. The van der Waals surface area contributed by atoms with E-state index in [1.54, 1.807) is 0 Å². The molecule has 0 amide bonds. The fraction of sp³-hybridized carbons (Fsp3) is 0.500. The molecule has 2 saturated carbocycles. The normalized spacial score (nSPS) is 21.2. The van der Waals surface area contributed by atoms with Crippen LogP contribution in [0.2, 0.25) is 0 Å². The first kappa shape index (κ1) is 11.0. The van der Waals surface area contributed by atoms with Crippen molar-refractivity contribution in [3.8, 4) is 0 Å². The zero-order valence-corrected chi connectivity index (χ0v) is 10.4. The molecule has 3 rings (SSSR count). The maximum Gasteiger partial charge on any atom is 0.0205 e. The lowest BCUT2D eigenvalue weighted by Crippen LogP contribution is -2.26. The summed E-state index contributed by atoms with van der Waals surface area (Å²) in [5, 5.41) is 3.61. The molecule has 1 heteroatoms. The first-order chi connectivity index (χ1) is 8.30. The Hall–Kier alpha value is -1.08. The van der Waals surface area contributed by atoms with Crippen molar-refractivity contribution in [2.24, 2.45) is 11.3 Å². The van der Waals surface area contributed by atoms with E-state index < -0.39 is 0 Å². The maximum absolute atomic E-state index is 4.16. The van der Waals surface area contributed by atoms with Gasteiger partial charge in [0, 0.05) is 13.1 Å². The van der Waals surface area contributed by atoms with Gasteiger partial charge < -0.3 is 5.32 Å². The molecule has 0 radical (unpaired) electrons. The van der Waals surface area contributed by atoms with Crippen molar-refractivity contribution in [1.29, 1.82) is 0 Å². The molecule has 2 aliphatic carbocycles. The largest absolute Gasteiger partial charge is 0.312 e. The summed E-state index contributed by atoms with van der Waals surface area (Å²) in [4.78, 5) is 0. The van der Waals surface area contributed by atoms with Gasteiger partial charge in [-0.1, -0.05) is 36.9 Å². The van der Waals surface area contributed by atoms with Crippen LogP contribution in [-0.4, -0.2) is 13.1 Å². The Balaban J connectivity index is 1.47. The van der Waals surface area contributed by atoms with Gasteiger partial charge in [0.25, 0.3) is 0 Å². The highest BCUT2D eigenvalue weighted by Crippen LogP contribution is 2.60. The molecule has 0 spiro atoms. The third-order valence-corrected chi connectivity index (χ3v) is 4.33. The van der Waals surface area contributed by atoms with E-state index >= 15 is 0 Å². The molecule has 1 nitrogen and oxygen atoms in total. The number of benzene rings is 1. The minimum Gasteiger partial charge on any atom is -0.312 e. The predicted molar refractivity (Wildman–Crippen MR) is 72.7 cm³/mol. The molecule has 2 aliphatic rings. The van der Waals surface area contributed by atoms with E-state index in [9.17, 15) is 0 Å². The first-order valence-corrected chi connectivity index (χ1v) is 6.74. The van der Waals surface area contributed by atoms with Crippen molar-refractivity contribution < 1.29 is 0 Å². The molecule has 1 N–H and O–H groups in total. The van der Waals surface area contributed by atoms with Gasteiger partial charge in [0.2, 0.25) is 0 Å². The molecule has 0 aliphatic heterocycles. The monoisotopic (exact) mass is 227 g/mol. The van der Waals surface area contributed by atoms with Crippen LogP contribution < -0.4 is 5.32 Å². The fourth-order valence-corrected chi connectivity index (χ4v) is 2.82. The summed E-state index contributed by atoms with van der Waals surface area (Å²) < 4.78 is 0. The van der Waals surface area contributed by atoms with Gasteiger partial charge in [-0.05, 0) is 48.2 Å². The Bertz CT molecular complexity index is 399. The Morgan fingerprint density at radius 3 is 2.53 bits per heavy atom. The summed E-state index contributed by atoms with van der Waals surface area (Å²) >= 11 is 0. The predicted octanol–water partition coefficient (Wildman–Crippen LogP) is 3.48. The van der Waals surface area contributed by atoms with Crippen molar-refractivity contribution in [1.82, 2.24) is 5.32 Å². The molecular formula is C16H21N. The second kappa shape index (κ2) is 4.30. The van der Waals surface area contributed by atoms with Gasteiger partial charge in [-0.15, -0.1) is 0 Å². The second-order valence-corrected chi connectivity index (χ2v) is 5.71. The first-order valence-electron chi connectivity index (χ1n) is 6.74. The SMILES string of the molecule is C=C(CNCC1(C2CC2)CC1)c1ccccc1. The molecule has 1 aromatic carbocycles. The standard InChI is InChI=1S/C16H21N/c1-13(14-5-3-2-4-6-14)11-17-12-16(9-10-16)15-7-8-15/h2-6,15,17H,1,7-12H2. The van der Waals surface area contributed by atoms with Crippen LogP contribution in [0.4, 0.5) is 0 Å². The second-order valence-electron chi connectivity index (χ2n) is 5.71. The van der Waals surface area contributed by atoms with Crippen LogP contribution >= 0.6 is 0 Å². The molecule has 0 atom stereocenters. The lowest BCUT2D eigenvalue weighted by atomic mass is 10.0. The van der Waals surface area contributed by atoms with E-state index in [4.69, 9.17) is 0 Å². The van der Waals surface area contributed by atoms with Gasteiger partial charge in [-0.2, -0.15) is 0 Å². The lowest BCUT2D eigenvalue weighted by molar-refractivity contribution is 0.414. The van der Waals surface area contributed by atoms with Gasteiger partial charge in [0.05, 0.1) is 0 Å². The summed E-state index contributed by atoms with van der Waals surface area (Å²) in [7, 11) is 0. The summed E-state index contributed by atoms with van der Waals surface area (Å²) in [6, 6.07) is 10.5. The van der Waals surface area contributed by atoms with Crippen LogP contribution in [0.15, 0.2) is 36.9 Å². The van der Waals surface area contributed by atoms with Crippen LogP contribution in [0.25, 0.3) is 5.57 Å². The van der Waals surface area contributed by atoms with Crippen LogP contribution in [0, 0.1) is 11.3 Å². The molecule has 2 fully saturated rings. The zero-order chi connectivity index (χ0) is 11.7. The van der Waals surface area contributed by atoms with Crippen molar-refractivity contribution in [3.63, 3.8) is 0 Å². The van der Waals surface area contributed by atoms with Crippen molar-refractivity contribution >= 4 is 5.57 Å². The topological polar surface area (TPSA) is 12.0 Å². The average Bonchev–Trinajstić information content (AvgIpc) is 3.23. The van der Waals surface area contributed by atoms with Crippen molar-refractivity contribution in [3.05, 3.63) is 42.5 Å². The minimum absolute atomic E-state index is 0.691. The molecule has 0 saturated heterocycles. The van der Waals surface area contributed by atoms with Crippen LogP contribution in [0.5, 0.6) is 0 Å². The molecule has 0 heterocycles. The van der Waals surface area contributed by atoms with Crippen LogP contribution in [0.3, 0.4) is 0 Å². The zero-order valence-electron chi connectivity index (χ0n) is 10.4. The van der Waals surface area contributed by atoms with E-state index in [1.807, 2.05) is 0 Å². The summed E-state index contributed by atoms with van der Waals surface area (Å²) in [5.74, 6) is 1.04. The molecule has 17 heavy (non-hydrogen) atoms. The Morgan fingerprint density at radius 2 is 1.94 bits per heavy atom. The van der Waals surface area contributed by atoms with E-state index in [1.165, 1.54) is 43.4 Å². The highest BCUT2D eigenvalue weighted by atomic mass is 14.9. The van der Waals surface area contributed by atoms with Crippen LogP contribution in [0.1, 0.15) is 31.2 Å². The highest BCUT2D eigenvalue weighted by molar-refractivity contribution is 5.64. The Morgan fingerprint density at radius 1 is 1.24 bits per heavy atom. The van der Waals surface area contributed by atoms with Gasteiger partial charge in [-0.3, -0.25) is 0 Å². The smallest absolute Gasteiger partial charge is 0.0205 e. The summed E-state index contributed by atoms with van der Waals surface area (Å²) in [6.07, 6.45) is 5.84. The highest BCUT2D eigenvalue weighted by Gasteiger charge is 2.53. The van der Waals surface area contributed by atoms with Gasteiger partial charge >= 0.3 is 0 Å². The number of hydrogen-bond acceptors (Lipinski definition) is 1. The maximum atomic E-state index is 4.16. The number of rotatable bonds is 6. The molecule has 1 aromatic rings. The van der Waals surface area contributed by atoms with Crippen molar-refractivity contribution in [2.75, 3.05) is 13.1 Å². The molecule has 90 valence electrons. The van der Waals surface area contributed by atoms with Crippen LogP contribution in [-0.2, 0) is 0 Å².